The van der Waals surface area contributed by atoms with Gasteiger partial charge in [-0.25, -0.2) is 0 Å². The molecule has 0 aliphatic carbocycles. The molecule has 0 rings (SSSR count). The van der Waals surface area contributed by atoms with Gasteiger partial charge >= 0.3 is 0 Å². The van der Waals surface area contributed by atoms with E-state index in [2.05, 4.69) is 38.0 Å². The molecule has 16 heavy (non-hydrogen) atoms. The maximum absolute atomic E-state index is 5.52. The van der Waals surface area contributed by atoms with Gasteiger partial charge in [-0.05, 0) is 59.8 Å². The summed E-state index contributed by atoms with van der Waals surface area (Å²) in [6.07, 6.45) is 4.13. The molecule has 0 aliphatic heterocycles. The summed E-state index contributed by atoms with van der Waals surface area (Å²) in [5.41, 5.74) is 0. The van der Waals surface area contributed by atoms with Gasteiger partial charge in [-0.3, -0.25) is 0 Å². The summed E-state index contributed by atoms with van der Waals surface area (Å²) in [5, 5.41) is 3.42. The fourth-order valence-corrected chi connectivity index (χ4v) is 1.49. The highest BCUT2D eigenvalue weighted by Crippen LogP contribution is 1.93. The van der Waals surface area contributed by atoms with Crippen LogP contribution in [0.15, 0.2) is 0 Å². The molecule has 0 aromatic rings. The molecule has 0 spiro atoms. The van der Waals surface area contributed by atoms with Gasteiger partial charge in [-0.15, -0.1) is 0 Å². The van der Waals surface area contributed by atoms with Gasteiger partial charge in [0.15, 0.2) is 0 Å². The zero-order valence-corrected chi connectivity index (χ0v) is 11.6. The van der Waals surface area contributed by atoms with E-state index in [1.807, 2.05) is 0 Å². The van der Waals surface area contributed by atoms with E-state index >= 15 is 0 Å². The molecule has 0 saturated heterocycles. The highest BCUT2D eigenvalue weighted by Gasteiger charge is 1.99. The molecule has 0 radical (unpaired) electrons. The molecule has 0 bridgehead atoms. The third-order valence-corrected chi connectivity index (χ3v) is 2.49. The highest BCUT2D eigenvalue weighted by molar-refractivity contribution is 4.54. The number of nitrogens with zero attached hydrogens (tertiary/aromatic N) is 1. The third-order valence-electron chi connectivity index (χ3n) is 2.49. The lowest BCUT2D eigenvalue weighted by Gasteiger charge is -2.17. The molecule has 0 saturated carbocycles. The molecule has 0 amide bonds. The fourth-order valence-electron chi connectivity index (χ4n) is 1.49. The monoisotopic (exact) mass is 230 g/mol. The zero-order chi connectivity index (χ0) is 12.2. The van der Waals surface area contributed by atoms with Crippen LogP contribution < -0.4 is 5.32 Å². The van der Waals surface area contributed by atoms with Crippen LogP contribution in [0.5, 0.6) is 0 Å². The quantitative estimate of drug-likeness (QED) is 0.550. The summed E-state index contributed by atoms with van der Waals surface area (Å²) >= 11 is 0. The number of rotatable bonds is 11. The van der Waals surface area contributed by atoms with Crippen molar-refractivity contribution in [3.05, 3.63) is 0 Å². The van der Waals surface area contributed by atoms with Gasteiger partial charge in [0.05, 0.1) is 12.7 Å². The van der Waals surface area contributed by atoms with Gasteiger partial charge in [-0.2, -0.15) is 0 Å². The van der Waals surface area contributed by atoms with Crippen LogP contribution >= 0.6 is 0 Å². The van der Waals surface area contributed by atoms with Crippen LogP contribution in [0.1, 0.15) is 40.0 Å². The number of unbranched alkanes of at least 4 members (excludes halogenated alkanes) is 1. The molecule has 0 unspecified atom stereocenters. The Balaban J connectivity index is 3.14. The Hall–Kier alpha value is -0.120. The molecule has 0 atom stereocenters. The first kappa shape index (κ1) is 15.9. The van der Waals surface area contributed by atoms with Crippen molar-refractivity contribution in [2.24, 2.45) is 0 Å². The summed E-state index contributed by atoms with van der Waals surface area (Å²) in [7, 11) is 2.17. The predicted molar refractivity (Wildman–Crippen MR) is 71.0 cm³/mol. The Morgan fingerprint density at radius 1 is 1.12 bits per heavy atom. The van der Waals surface area contributed by atoms with Gasteiger partial charge in [-0.1, -0.05) is 6.92 Å². The van der Waals surface area contributed by atoms with Crippen molar-refractivity contribution < 1.29 is 4.74 Å². The average Bonchev–Trinajstić information content (AvgIpc) is 2.22. The molecule has 0 aliphatic rings. The Labute approximate surface area is 102 Å². The van der Waals surface area contributed by atoms with Crippen LogP contribution in [0, 0.1) is 0 Å². The van der Waals surface area contributed by atoms with Crippen molar-refractivity contribution in [1.29, 1.82) is 0 Å². The lowest BCUT2D eigenvalue weighted by Crippen LogP contribution is -2.26. The van der Waals surface area contributed by atoms with Crippen LogP contribution in [0.3, 0.4) is 0 Å². The molecule has 0 heterocycles. The molecule has 98 valence electrons. The predicted octanol–water partition coefficient (Wildman–Crippen LogP) is 2.12. The second kappa shape index (κ2) is 11.4. The Bertz CT molecular complexity index is 140. The smallest absolute Gasteiger partial charge is 0.0596 e. The largest absolute Gasteiger partial charge is 0.377 e. The molecule has 1 N–H and O–H groups in total. The number of likely N-dealkylation sites (N-methyl/N-ethyl adjacent to an activating group) is 1. The lowest BCUT2D eigenvalue weighted by atomic mass is 10.3. The second-order valence-electron chi connectivity index (χ2n) is 4.68. The van der Waals surface area contributed by atoms with Gasteiger partial charge in [0.1, 0.15) is 0 Å². The van der Waals surface area contributed by atoms with Crippen LogP contribution in [0.25, 0.3) is 0 Å². The maximum Gasteiger partial charge on any atom is 0.0596 e. The first-order valence-electron chi connectivity index (χ1n) is 6.67. The zero-order valence-electron chi connectivity index (χ0n) is 11.6. The van der Waals surface area contributed by atoms with Gasteiger partial charge in [0.25, 0.3) is 0 Å². The normalized spacial score (nSPS) is 11.6. The Morgan fingerprint density at radius 2 is 1.88 bits per heavy atom. The average molecular weight is 230 g/mol. The van der Waals surface area contributed by atoms with Crippen molar-refractivity contribution >= 4 is 0 Å². The Kier molecular flexibility index (Phi) is 11.3. The van der Waals surface area contributed by atoms with Crippen molar-refractivity contribution in [3.63, 3.8) is 0 Å². The summed E-state index contributed by atoms with van der Waals surface area (Å²) in [4.78, 5) is 2.35. The first-order chi connectivity index (χ1) is 7.66. The standard InChI is InChI=1S/C13H30N2O/c1-5-8-14-9-6-7-10-15(4)11-12-16-13(2)3/h13-14H,5-12H2,1-4H3. The van der Waals surface area contributed by atoms with Crippen molar-refractivity contribution in [2.75, 3.05) is 39.8 Å². The van der Waals surface area contributed by atoms with Gasteiger partial charge in [0, 0.05) is 6.54 Å². The van der Waals surface area contributed by atoms with Gasteiger partial charge < -0.3 is 15.0 Å². The van der Waals surface area contributed by atoms with E-state index < -0.39 is 0 Å². The molecule has 3 heteroatoms. The van der Waals surface area contributed by atoms with Crippen LogP contribution in [-0.2, 0) is 4.74 Å². The van der Waals surface area contributed by atoms with E-state index in [0.29, 0.717) is 6.10 Å². The third kappa shape index (κ3) is 12.0. The Morgan fingerprint density at radius 3 is 2.50 bits per heavy atom. The molecular formula is C13H30N2O. The van der Waals surface area contributed by atoms with E-state index in [1.54, 1.807) is 0 Å². The van der Waals surface area contributed by atoms with E-state index in [1.165, 1.54) is 25.8 Å². The van der Waals surface area contributed by atoms with E-state index in [-0.39, 0.29) is 0 Å². The SMILES string of the molecule is CCCNCCCCN(C)CCOC(C)C. The maximum atomic E-state index is 5.52. The van der Waals surface area contributed by atoms with Crippen LogP contribution in [0.4, 0.5) is 0 Å². The van der Waals surface area contributed by atoms with Crippen molar-refractivity contribution in [3.8, 4) is 0 Å². The highest BCUT2D eigenvalue weighted by atomic mass is 16.5. The molecule has 0 aromatic heterocycles. The summed E-state index contributed by atoms with van der Waals surface area (Å²) in [5.74, 6) is 0. The van der Waals surface area contributed by atoms with Crippen LogP contribution in [-0.4, -0.2) is 50.8 Å². The van der Waals surface area contributed by atoms with E-state index in [0.717, 1.165) is 26.2 Å². The fraction of sp³-hybridized carbons (Fsp3) is 1.00. The number of nitrogens with one attached hydrogen (secondary N) is 1. The first-order valence-corrected chi connectivity index (χ1v) is 6.67. The molecule has 3 nitrogen and oxygen atoms in total. The van der Waals surface area contributed by atoms with E-state index in [9.17, 15) is 0 Å². The van der Waals surface area contributed by atoms with Crippen LogP contribution in [0.2, 0.25) is 0 Å². The summed E-state index contributed by atoms with van der Waals surface area (Å²) < 4.78 is 5.52. The molecular weight excluding hydrogens is 200 g/mol. The topological polar surface area (TPSA) is 24.5 Å². The lowest BCUT2D eigenvalue weighted by molar-refractivity contribution is 0.0636. The van der Waals surface area contributed by atoms with Crippen molar-refractivity contribution in [1.82, 2.24) is 10.2 Å². The molecule has 0 aromatic carbocycles. The van der Waals surface area contributed by atoms with Crippen molar-refractivity contribution in [2.45, 2.75) is 46.1 Å². The van der Waals surface area contributed by atoms with Gasteiger partial charge in [0.2, 0.25) is 0 Å². The second-order valence-corrected chi connectivity index (χ2v) is 4.68. The number of hydrogen-bond donors (Lipinski definition) is 1. The minimum atomic E-state index is 0.353. The number of hydrogen-bond acceptors (Lipinski definition) is 3. The molecule has 0 fully saturated rings. The summed E-state index contributed by atoms with van der Waals surface area (Å²) in [6.45, 7) is 11.7. The number of ether oxygens (including phenoxy) is 1. The minimum absolute atomic E-state index is 0.353. The summed E-state index contributed by atoms with van der Waals surface area (Å²) in [6, 6.07) is 0. The minimum Gasteiger partial charge on any atom is -0.377 e. The van der Waals surface area contributed by atoms with E-state index in [4.69, 9.17) is 4.74 Å².